The number of aliphatic hydroxyl groups excluding tert-OH is 1. The van der Waals surface area contributed by atoms with Gasteiger partial charge in [-0.25, -0.2) is 0 Å². The van der Waals surface area contributed by atoms with E-state index in [4.69, 9.17) is 11.6 Å². The van der Waals surface area contributed by atoms with Crippen molar-refractivity contribution in [2.45, 2.75) is 6.10 Å². The minimum Gasteiger partial charge on any atom is -0.390 e. The van der Waals surface area contributed by atoms with Gasteiger partial charge in [0.2, 0.25) is 0 Å². The maximum atomic E-state index is 10.4. The third-order valence-corrected chi connectivity index (χ3v) is 5.90. The van der Waals surface area contributed by atoms with E-state index in [0.29, 0.717) is 18.1 Å². The molecule has 1 saturated heterocycles. The first-order chi connectivity index (χ1) is 15.2. The number of aliphatic hydroxyl groups is 1. The lowest BCUT2D eigenvalue weighted by molar-refractivity contribution is 0.108. The van der Waals surface area contributed by atoms with Gasteiger partial charge in [0.15, 0.2) is 0 Å². The number of halogens is 1. The highest BCUT2D eigenvalue weighted by molar-refractivity contribution is 6.31. The molecule has 0 bridgehead atoms. The van der Waals surface area contributed by atoms with Gasteiger partial charge in [0.05, 0.1) is 11.6 Å². The molecule has 0 radical (unpaired) electrons. The Labute approximate surface area is 188 Å². The maximum Gasteiger partial charge on any atom is 0.0791 e. The van der Waals surface area contributed by atoms with Crippen LogP contribution in [0.3, 0.4) is 0 Å². The fourth-order valence-electron chi connectivity index (χ4n) is 4.02. The number of para-hydroxylation sites is 1. The van der Waals surface area contributed by atoms with Gasteiger partial charge in [-0.1, -0.05) is 29.8 Å². The molecule has 3 aromatic rings. The van der Waals surface area contributed by atoms with Crippen molar-refractivity contribution in [3.63, 3.8) is 0 Å². The number of hydrogen-bond acceptors (Lipinski definition) is 6. The van der Waals surface area contributed by atoms with Gasteiger partial charge in [0, 0.05) is 80.3 Å². The van der Waals surface area contributed by atoms with Gasteiger partial charge in [-0.05, 0) is 36.4 Å². The molecule has 0 spiro atoms. The second-order valence-corrected chi connectivity index (χ2v) is 8.36. The van der Waals surface area contributed by atoms with Gasteiger partial charge in [0.25, 0.3) is 0 Å². The molecule has 0 unspecified atom stereocenters. The summed E-state index contributed by atoms with van der Waals surface area (Å²) < 4.78 is 0. The van der Waals surface area contributed by atoms with Crippen molar-refractivity contribution in [3.8, 4) is 0 Å². The topological polar surface area (TPSA) is 63.7 Å². The normalized spacial score (nSPS) is 15.9. The van der Waals surface area contributed by atoms with Crippen LogP contribution in [0.1, 0.15) is 0 Å². The van der Waals surface area contributed by atoms with Crippen LogP contribution in [0, 0.1) is 0 Å². The zero-order valence-electron chi connectivity index (χ0n) is 17.7. The molecule has 1 aromatic heterocycles. The summed E-state index contributed by atoms with van der Waals surface area (Å²) in [6, 6.07) is 18.2. The minimum atomic E-state index is -0.368. The SMILES string of the molecule is O[C@@H](CNCCNc1ccnc2cc(Cl)ccc12)CN1CCN(c2ccccc2)CC1. The van der Waals surface area contributed by atoms with E-state index in [1.54, 1.807) is 6.20 Å². The molecule has 31 heavy (non-hydrogen) atoms. The van der Waals surface area contributed by atoms with Crippen LogP contribution in [0.5, 0.6) is 0 Å². The molecular formula is C24H30ClN5O. The first-order valence-electron chi connectivity index (χ1n) is 10.9. The molecule has 164 valence electrons. The Kier molecular flexibility index (Phi) is 7.59. The molecular weight excluding hydrogens is 410 g/mol. The maximum absolute atomic E-state index is 10.4. The third-order valence-electron chi connectivity index (χ3n) is 5.66. The van der Waals surface area contributed by atoms with E-state index >= 15 is 0 Å². The van der Waals surface area contributed by atoms with Crippen LogP contribution in [-0.2, 0) is 0 Å². The summed E-state index contributed by atoms with van der Waals surface area (Å²) in [5, 5.41) is 18.9. The molecule has 7 heteroatoms. The second kappa shape index (κ2) is 10.8. The van der Waals surface area contributed by atoms with E-state index in [0.717, 1.165) is 55.9 Å². The van der Waals surface area contributed by atoms with Crippen molar-refractivity contribution in [2.24, 2.45) is 0 Å². The Bertz CT molecular complexity index is 963. The summed E-state index contributed by atoms with van der Waals surface area (Å²) >= 11 is 6.05. The van der Waals surface area contributed by atoms with Crippen LogP contribution in [0.15, 0.2) is 60.8 Å². The number of nitrogens with zero attached hydrogens (tertiary/aromatic N) is 3. The van der Waals surface area contributed by atoms with E-state index in [1.165, 1.54) is 5.69 Å². The lowest BCUT2D eigenvalue weighted by Crippen LogP contribution is -2.49. The largest absolute Gasteiger partial charge is 0.390 e. The van der Waals surface area contributed by atoms with Gasteiger partial charge < -0.3 is 20.6 Å². The van der Waals surface area contributed by atoms with E-state index in [9.17, 15) is 5.11 Å². The predicted octanol–water partition coefficient (Wildman–Crippen LogP) is 3.07. The number of hydrogen-bond donors (Lipinski definition) is 3. The zero-order chi connectivity index (χ0) is 21.5. The Morgan fingerprint density at radius 1 is 1.00 bits per heavy atom. The summed E-state index contributed by atoms with van der Waals surface area (Å²) in [7, 11) is 0. The van der Waals surface area contributed by atoms with Crippen LogP contribution in [-0.4, -0.2) is 73.5 Å². The number of benzene rings is 2. The monoisotopic (exact) mass is 439 g/mol. The smallest absolute Gasteiger partial charge is 0.0791 e. The molecule has 1 aliphatic heterocycles. The zero-order valence-corrected chi connectivity index (χ0v) is 18.4. The molecule has 6 nitrogen and oxygen atoms in total. The number of fused-ring (bicyclic) bond motifs is 1. The molecule has 2 heterocycles. The molecule has 0 aliphatic carbocycles. The lowest BCUT2D eigenvalue weighted by atomic mass is 10.2. The fourth-order valence-corrected chi connectivity index (χ4v) is 4.19. The lowest BCUT2D eigenvalue weighted by Gasteiger charge is -2.37. The van der Waals surface area contributed by atoms with Crippen LogP contribution in [0.4, 0.5) is 11.4 Å². The van der Waals surface area contributed by atoms with E-state index in [1.807, 2.05) is 30.3 Å². The molecule has 1 atom stereocenters. The van der Waals surface area contributed by atoms with Crippen LogP contribution >= 0.6 is 11.6 Å². The Morgan fingerprint density at radius 2 is 1.81 bits per heavy atom. The Morgan fingerprint density at radius 3 is 2.61 bits per heavy atom. The Balaban J connectivity index is 1.14. The van der Waals surface area contributed by atoms with E-state index < -0.39 is 0 Å². The minimum absolute atomic E-state index is 0.368. The highest BCUT2D eigenvalue weighted by Gasteiger charge is 2.19. The highest BCUT2D eigenvalue weighted by Crippen LogP contribution is 2.24. The van der Waals surface area contributed by atoms with Crippen molar-refractivity contribution in [2.75, 3.05) is 62.6 Å². The number of β-amino-alcohol motifs (C(OH)–C–C–N with tert-alkyl or cyclic N) is 1. The fraction of sp³-hybridized carbons (Fsp3) is 0.375. The summed E-state index contributed by atoms with van der Waals surface area (Å²) in [5.41, 5.74) is 3.20. The highest BCUT2D eigenvalue weighted by atomic mass is 35.5. The number of piperazine rings is 1. The van der Waals surface area contributed by atoms with Crippen LogP contribution < -0.4 is 15.5 Å². The van der Waals surface area contributed by atoms with Crippen LogP contribution in [0.25, 0.3) is 10.9 Å². The van der Waals surface area contributed by atoms with E-state index in [2.05, 4.69) is 49.7 Å². The van der Waals surface area contributed by atoms with Gasteiger partial charge in [0.1, 0.15) is 0 Å². The molecule has 4 rings (SSSR count). The van der Waals surface area contributed by atoms with Crippen LogP contribution in [0.2, 0.25) is 5.02 Å². The first-order valence-corrected chi connectivity index (χ1v) is 11.3. The Hall–Kier alpha value is -2.38. The van der Waals surface area contributed by atoms with Crippen molar-refractivity contribution in [1.29, 1.82) is 0 Å². The van der Waals surface area contributed by atoms with Gasteiger partial charge in [-0.2, -0.15) is 0 Å². The summed E-state index contributed by atoms with van der Waals surface area (Å²) in [5.74, 6) is 0. The summed E-state index contributed by atoms with van der Waals surface area (Å²) in [4.78, 5) is 9.12. The average Bonchev–Trinajstić information content (AvgIpc) is 2.80. The second-order valence-electron chi connectivity index (χ2n) is 7.93. The standard InChI is InChI=1S/C24H30ClN5O/c25-19-6-7-22-23(8-9-27-24(22)16-19)28-11-10-26-17-21(31)18-29-12-14-30(15-13-29)20-4-2-1-3-5-20/h1-9,16,21,26,31H,10-15,17-18H2,(H,27,28)/t21-/m0/s1. The molecule has 0 amide bonds. The molecule has 0 saturated carbocycles. The summed E-state index contributed by atoms with van der Waals surface area (Å²) in [6.07, 6.45) is 1.42. The molecule has 1 fully saturated rings. The van der Waals surface area contributed by atoms with Crippen molar-refractivity contribution in [1.82, 2.24) is 15.2 Å². The third kappa shape index (κ3) is 6.08. The number of nitrogens with one attached hydrogen (secondary N) is 2. The molecule has 1 aliphatic rings. The number of aromatic nitrogens is 1. The first kappa shape index (κ1) is 21.8. The van der Waals surface area contributed by atoms with Gasteiger partial charge >= 0.3 is 0 Å². The number of pyridine rings is 1. The van der Waals surface area contributed by atoms with Crippen molar-refractivity contribution in [3.05, 3.63) is 65.8 Å². The number of anilines is 2. The quantitative estimate of drug-likeness (QED) is 0.445. The van der Waals surface area contributed by atoms with Crippen molar-refractivity contribution >= 4 is 33.9 Å². The average molecular weight is 440 g/mol. The van der Waals surface area contributed by atoms with Crippen molar-refractivity contribution < 1.29 is 5.11 Å². The molecule has 3 N–H and O–H groups in total. The summed E-state index contributed by atoms with van der Waals surface area (Å²) in [6.45, 7) is 6.80. The molecule has 2 aromatic carbocycles. The predicted molar refractivity (Wildman–Crippen MR) is 129 cm³/mol. The van der Waals surface area contributed by atoms with E-state index in [-0.39, 0.29) is 6.10 Å². The number of rotatable bonds is 9. The van der Waals surface area contributed by atoms with Gasteiger partial charge in [-0.3, -0.25) is 9.88 Å². The van der Waals surface area contributed by atoms with Gasteiger partial charge in [-0.15, -0.1) is 0 Å².